The van der Waals surface area contributed by atoms with Crippen molar-refractivity contribution in [1.82, 2.24) is 15.4 Å². The summed E-state index contributed by atoms with van der Waals surface area (Å²) in [6, 6.07) is 10.1. The fourth-order valence-corrected chi connectivity index (χ4v) is 2.36. The topological polar surface area (TPSA) is 62.9 Å². The molecule has 25 heavy (non-hydrogen) atoms. The molecule has 0 atom stereocenters. The molecule has 2 rings (SSSR count). The Kier molecular flexibility index (Phi) is 9.33. The van der Waals surface area contributed by atoms with Gasteiger partial charge in [-0.05, 0) is 31.0 Å². The van der Waals surface area contributed by atoms with E-state index in [1.165, 1.54) is 5.56 Å². The second-order valence-electron chi connectivity index (χ2n) is 5.47. The highest BCUT2D eigenvalue weighted by atomic mass is 127. The van der Waals surface area contributed by atoms with Crippen molar-refractivity contribution in [1.29, 1.82) is 0 Å². The number of hydrogen-bond acceptors (Lipinski definition) is 4. The minimum absolute atomic E-state index is 0. The highest BCUT2D eigenvalue weighted by Crippen LogP contribution is 2.13. The summed E-state index contributed by atoms with van der Waals surface area (Å²) in [6.07, 6.45) is 0.871. The van der Waals surface area contributed by atoms with Crippen molar-refractivity contribution in [2.75, 3.05) is 20.7 Å². The number of aryl methyl sites for hydroxylation is 1. The van der Waals surface area contributed by atoms with Crippen LogP contribution in [0.3, 0.4) is 0 Å². The van der Waals surface area contributed by atoms with E-state index in [4.69, 9.17) is 9.26 Å². The molecule has 0 unspecified atom stereocenters. The molecule has 2 aromatic rings. The van der Waals surface area contributed by atoms with E-state index in [0.717, 1.165) is 36.1 Å². The predicted octanol–water partition coefficient (Wildman–Crippen LogP) is 3.46. The molecule has 0 spiro atoms. The van der Waals surface area contributed by atoms with Gasteiger partial charge in [0.15, 0.2) is 11.7 Å². The van der Waals surface area contributed by atoms with Crippen molar-refractivity contribution < 1.29 is 9.26 Å². The van der Waals surface area contributed by atoms with E-state index in [1.54, 1.807) is 7.05 Å². The number of rotatable bonds is 7. The van der Waals surface area contributed by atoms with Gasteiger partial charge in [0.2, 0.25) is 0 Å². The Morgan fingerprint density at radius 3 is 2.56 bits per heavy atom. The predicted molar refractivity (Wildman–Crippen MR) is 111 cm³/mol. The van der Waals surface area contributed by atoms with Crippen molar-refractivity contribution >= 4 is 29.9 Å². The van der Waals surface area contributed by atoms with E-state index in [-0.39, 0.29) is 24.0 Å². The zero-order valence-electron chi connectivity index (χ0n) is 15.3. The number of nitrogens with one attached hydrogen (secondary N) is 1. The van der Waals surface area contributed by atoms with Crippen LogP contribution in [-0.4, -0.2) is 36.7 Å². The molecule has 1 heterocycles. The van der Waals surface area contributed by atoms with Gasteiger partial charge in [-0.3, -0.25) is 4.99 Å². The average Bonchev–Trinajstić information content (AvgIpc) is 3.05. The molecule has 0 radical (unpaired) electrons. The summed E-state index contributed by atoms with van der Waals surface area (Å²) in [7, 11) is 3.78. The van der Waals surface area contributed by atoms with E-state index in [0.29, 0.717) is 13.2 Å². The van der Waals surface area contributed by atoms with Crippen LogP contribution < -0.4 is 10.1 Å². The molecule has 0 saturated heterocycles. The standard InChI is InChI=1S/C18H26N4O2.HI/c1-5-15-11-17(24-21-15)12-20-18(19-3)22(4)13-14-7-9-16(10-8-14)23-6-2;/h7-11H,5-6,12-13H2,1-4H3,(H,19,20);1H. The molecule has 0 aliphatic rings. The molecule has 6 nitrogen and oxygen atoms in total. The van der Waals surface area contributed by atoms with Crippen LogP contribution in [0.2, 0.25) is 0 Å². The van der Waals surface area contributed by atoms with Crippen LogP contribution in [0.25, 0.3) is 0 Å². The summed E-state index contributed by atoms with van der Waals surface area (Å²) in [4.78, 5) is 6.38. The minimum atomic E-state index is 0. The second-order valence-corrected chi connectivity index (χ2v) is 5.47. The maximum Gasteiger partial charge on any atom is 0.194 e. The first-order valence-corrected chi connectivity index (χ1v) is 8.24. The Bertz CT molecular complexity index is 655. The number of ether oxygens (including phenoxy) is 1. The Labute approximate surface area is 166 Å². The lowest BCUT2D eigenvalue weighted by Crippen LogP contribution is -2.37. The molecule has 0 aliphatic carbocycles. The van der Waals surface area contributed by atoms with Crippen molar-refractivity contribution in [2.45, 2.75) is 33.4 Å². The van der Waals surface area contributed by atoms with Gasteiger partial charge >= 0.3 is 0 Å². The number of guanidine groups is 1. The second kappa shape index (κ2) is 11.0. The third kappa shape index (κ3) is 6.56. The third-order valence-corrected chi connectivity index (χ3v) is 3.62. The number of benzene rings is 1. The Morgan fingerprint density at radius 1 is 1.28 bits per heavy atom. The lowest BCUT2D eigenvalue weighted by molar-refractivity contribution is 0.340. The Morgan fingerprint density at radius 2 is 2.00 bits per heavy atom. The van der Waals surface area contributed by atoms with Crippen LogP contribution in [0.15, 0.2) is 39.8 Å². The summed E-state index contributed by atoms with van der Waals surface area (Å²) < 4.78 is 10.8. The van der Waals surface area contributed by atoms with Gasteiger partial charge in [0.1, 0.15) is 5.75 Å². The average molecular weight is 458 g/mol. The molecule has 7 heteroatoms. The molecule has 1 aromatic heterocycles. The molecular formula is C18H27IN4O2. The fourth-order valence-electron chi connectivity index (χ4n) is 2.36. The van der Waals surface area contributed by atoms with Crippen LogP contribution in [0.4, 0.5) is 0 Å². The smallest absolute Gasteiger partial charge is 0.194 e. The minimum Gasteiger partial charge on any atom is -0.494 e. The summed E-state index contributed by atoms with van der Waals surface area (Å²) in [5.74, 6) is 2.50. The van der Waals surface area contributed by atoms with Gasteiger partial charge in [-0.2, -0.15) is 0 Å². The van der Waals surface area contributed by atoms with Gasteiger partial charge < -0.3 is 19.5 Å². The molecule has 1 N–H and O–H groups in total. The number of aromatic nitrogens is 1. The van der Waals surface area contributed by atoms with Gasteiger partial charge in [-0.25, -0.2) is 0 Å². The first kappa shape index (κ1) is 21.3. The van der Waals surface area contributed by atoms with Gasteiger partial charge in [0, 0.05) is 26.7 Å². The van der Waals surface area contributed by atoms with Crippen molar-refractivity contribution in [3.05, 3.63) is 47.3 Å². The molecule has 0 aliphatic heterocycles. The van der Waals surface area contributed by atoms with Gasteiger partial charge in [-0.15, -0.1) is 24.0 Å². The van der Waals surface area contributed by atoms with Gasteiger partial charge in [-0.1, -0.05) is 24.2 Å². The third-order valence-electron chi connectivity index (χ3n) is 3.62. The highest BCUT2D eigenvalue weighted by molar-refractivity contribution is 14.0. The van der Waals surface area contributed by atoms with E-state index < -0.39 is 0 Å². The first-order valence-electron chi connectivity index (χ1n) is 8.24. The van der Waals surface area contributed by atoms with E-state index in [9.17, 15) is 0 Å². The number of aliphatic imine (C=N–C) groups is 1. The number of halogens is 1. The maximum atomic E-state index is 5.47. The summed E-state index contributed by atoms with van der Waals surface area (Å²) in [5, 5.41) is 7.29. The van der Waals surface area contributed by atoms with Crippen molar-refractivity contribution in [3.8, 4) is 5.75 Å². The first-order chi connectivity index (χ1) is 11.7. The molecular weight excluding hydrogens is 431 g/mol. The van der Waals surface area contributed by atoms with Crippen LogP contribution in [-0.2, 0) is 19.5 Å². The molecule has 0 bridgehead atoms. The van der Waals surface area contributed by atoms with Gasteiger partial charge in [0.05, 0.1) is 18.8 Å². The zero-order valence-corrected chi connectivity index (χ0v) is 17.6. The summed E-state index contributed by atoms with van der Waals surface area (Å²) >= 11 is 0. The highest BCUT2D eigenvalue weighted by Gasteiger charge is 2.09. The SMILES string of the molecule is CCOc1ccc(CN(C)C(=NC)NCc2cc(CC)no2)cc1.I. The fraction of sp³-hybridized carbons (Fsp3) is 0.444. The Balaban J connectivity index is 0.00000312. The lowest BCUT2D eigenvalue weighted by atomic mass is 10.2. The normalized spacial score (nSPS) is 11.0. The molecule has 1 aromatic carbocycles. The molecule has 0 fully saturated rings. The zero-order chi connectivity index (χ0) is 17.4. The number of hydrogen-bond donors (Lipinski definition) is 1. The van der Waals surface area contributed by atoms with Crippen LogP contribution in [0, 0.1) is 0 Å². The summed E-state index contributed by atoms with van der Waals surface area (Å²) in [5.41, 5.74) is 2.15. The molecule has 0 amide bonds. The lowest BCUT2D eigenvalue weighted by Gasteiger charge is -2.21. The quantitative estimate of drug-likeness (QED) is 0.391. The van der Waals surface area contributed by atoms with Crippen LogP contribution in [0.1, 0.15) is 30.9 Å². The van der Waals surface area contributed by atoms with Crippen LogP contribution in [0.5, 0.6) is 5.75 Å². The number of nitrogens with zero attached hydrogens (tertiary/aromatic N) is 3. The van der Waals surface area contributed by atoms with E-state index >= 15 is 0 Å². The van der Waals surface area contributed by atoms with Crippen molar-refractivity contribution in [2.24, 2.45) is 4.99 Å². The molecule has 0 saturated carbocycles. The van der Waals surface area contributed by atoms with Crippen molar-refractivity contribution in [3.63, 3.8) is 0 Å². The Hall–Kier alpha value is -1.77. The maximum absolute atomic E-state index is 5.47. The monoisotopic (exact) mass is 458 g/mol. The van der Waals surface area contributed by atoms with E-state index in [2.05, 4.69) is 39.4 Å². The molecule has 138 valence electrons. The van der Waals surface area contributed by atoms with Gasteiger partial charge in [0.25, 0.3) is 0 Å². The largest absolute Gasteiger partial charge is 0.494 e. The van der Waals surface area contributed by atoms with Crippen LogP contribution >= 0.6 is 24.0 Å². The van der Waals surface area contributed by atoms with E-state index in [1.807, 2.05) is 32.2 Å². The summed E-state index contributed by atoms with van der Waals surface area (Å²) in [6.45, 7) is 6.03.